The Balaban J connectivity index is 2.35. The molecule has 88 valence electrons. The average Bonchev–Trinajstić information content (AvgIpc) is 2.76. The van der Waals surface area contributed by atoms with E-state index in [1.54, 1.807) is 36.1 Å². The van der Waals surface area contributed by atoms with Gasteiger partial charge < -0.3 is 4.74 Å². The molecule has 2 heterocycles. The van der Waals surface area contributed by atoms with Gasteiger partial charge in [-0.3, -0.25) is 9.67 Å². The van der Waals surface area contributed by atoms with Crippen molar-refractivity contribution in [1.29, 1.82) is 0 Å². The molecule has 0 aliphatic rings. The van der Waals surface area contributed by atoms with Crippen molar-refractivity contribution in [3.8, 4) is 11.4 Å². The van der Waals surface area contributed by atoms with Crippen molar-refractivity contribution in [2.75, 3.05) is 6.61 Å². The molecule has 0 unspecified atom stereocenters. The fourth-order valence-electron chi connectivity index (χ4n) is 1.54. The molecule has 0 amide bonds. The molecule has 0 aromatic carbocycles. The third-order valence-corrected chi connectivity index (χ3v) is 2.35. The summed E-state index contributed by atoms with van der Waals surface area (Å²) in [6, 6.07) is 5.18. The molecule has 2 aromatic rings. The molecule has 0 fully saturated rings. The van der Waals surface area contributed by atoms with E-state index in [2.05, 4.69) is 10.1 Å². The van der Waals surface area contributed by atoms with Crippen LogP contribution in [-0.2, 0) is 11.8 Å². The Morgan fingerprint density at radius 2 is 2.24 bits per heavy atom. The molecule has 5 nitrogen and oxygen atoms in total. The van der Waals surface area contributed by atoms with Crippen LogP contribution in [0.15, 0.2) is 30.6 Å². The molecule has 2 rings (SSSR count). The smallest absolute Gasteiger partial charge is 0.338 e. The van der Waals surface area contributed by atoms with Gasteiger partial charge in [-0.05, 0) is 25.1 Å². The SMILES string of the molecule is CCOC(=O)c1ccnc(-c2ccnn2C)c1. The van der Waals surface area contributed by atoms with Crippen molar-refractivity contribution >= 4 is 5.97 Å². The second-order valence-electron chi connectivity index (χ2n) is 3.49. The van der Waals surface area contributed by atoms with Gasteiger partial charge >= 0.3 is 5.97 Å². The van der Waals surface area contributed by atoms with E-state index in [9.17, 15) is 4.79 Å². The van der Waals surface area contributed by atoms with Crippen LogP contribution in [0.3, 0.4) is 0 Å². The van der Waals surface area contributed by atoms with Crippen LogP contribution in [0, 0.1) is 0 Å². The molecule has 0 saturated heterocycles. The van der Waals surface area contributed by atoms with Gasteiger partial charge in [0.05, 0.1) is 23.6 Å². The first kappa shape index (κ1) is 11.3. The summed E-state index contributed by atoms with van der Waals surface area (Å²) in [6.45, 7) is 2.14. The van der Waals surface area contributed by atoms with E-state index >= 15 is 0 Å². The van der Waals surface area contributed by atoms with Gasteiger partial charge in [0.2, 0.25) is 0 Å². The summed E-state index contributed by atoms with van der Waals surface area (Å²) in [7, 11) is 1.83. The van der Waals surface area contributed by atoms with E-state index in [0.717, 1.165) is 5.69 Å². The molecule has 0 radical (unpaired) electrons. The Hall–Kier alpha value is -2.17. The highest BCUT2D eigenvalue weighted by molar-refractivity contribution is 5.90. The first-order valence-corrected chi connectivity index (χ1v) is 5.34. The molecule has 0 atom stereocenters. The molecule has 0 saturated carbocycles. The number of carbonyl (C=O) groups is 1. The Bertz CT molecular complexity index is 534. The van der Waals surface area contributed by atoms with Crippen molar-refractivity contribution in [3.63, 3.8) is 0 Å². The minimum atomic E-state index is -0.335. The number of carbonyl (C=O) groups excluding carboxylic acids is 1. The van der Waals surface area contributed by atoms with E-state index in [4.69, 9.17) is 4.74 Å². The van der Waals surface area contributed by atoms with E-state index in [0.29, 0.717) is 17.9 Å². The molecule has 0 bridgehead atoms. The molecule has 0 spiro atoms. The number of ether oxygens (including phenoxy) is 1. The summed E-state index contributed by atoms with van der Waals surface area (Å²) in [5.74, 6) is -0.335. The van der Waals surface area contributed by atoms with Gasteiger partial charge in [0.1, 0.15) is 0 Å². The van der Waals surface area contributed by atoms with Crippen LogP contribution < -0.4 is 0 Å². The third kappa shape index (κ3) is 2.33. The number of esters is 1. The van der Waals surface area contributed by atoms with E-state index in [-0.39, 0.29) is 5.97 Å². The molecular weight excluding hydrogens is 218 g/mol. The van der Waals surface area contributed by atoms with Crippen molar-refractivity contribution in [2.24, 2.45) is 7.05 Å². The van der Waals surface area contributed by atoms with Crippen molar-refractivity contribution in [1.82, 2.24) is 14.8 Å². The molecule has 0 aliphatic heterocycles. The number of aromatic nitrogens is 3. The number of nitrogens with zero attached hydrogens (tertiary/aromatic N) is 3. The standard InChI is InChI=1S/C12H13N3O2/c1-3-17-12(16)9-4-6-13-10(8-9)11-5-7-14-15(11)2/h4-8H,3H2,1-2H3. The number of aryl methyl sites for hydroxylation is 1. The minimum absolute atomic E-state index is 0.335. The topological polar surface area (TPSA) is 57.0 Å². The Labute approximate surface area is 99.1 Å². The third-order valence-electron chi connectivity index (χ3n) is 2.35. The number of pyridine rings is 1. The summed E-state index contributed by atoms with van der Waals surface area (Å²) >= 11 is 0. The second-order valence-corrected chi connectivity index (χ2v) is 3.49. The molecule has 2 aromatic heterocycles. The molecule has 0 N–H and O–H groups in total. The fraction of sp³-hybridized carbons (Fsp3) is 0.250. The lowest BCUT2D eigenvalue weighted by Gasteiger charge is -2.04. The summed E-state index contributed by atoms with van der Waals surface area (Å²) in [6.07, 6.45) is 3.28. The molecule has 0 aliphatic carbocycles. The van der Waals surface area contributed by atoms with Crippen molar-refractivity contribution in [3.05, 3.63) is 36.2 Å². The maximum atomic E-state index is 11.6. The quantitative estimate of drug-likeness (QED) is 0.754. The lowest BCUT2D eigenvalue weighted by atomic mass is 10.2. The highest BCUT2D eigenvalue weighted by Gasteiger charge is 2.10. The van der Waals surface area contributed by atoms with Gasteiger partial charge in [0.25, 0.3) is 0 Å². The van der Waals surface area contributed by atoms with Crippen molar-refractivity contribution in [2.45, 2.75) is 6.92 Å². The van der Waals surface area contributed by atoms with Gasteiger partial charge in [0, 0.05) is 19.4 Å². The minimum Gasteiger partial charge on any atom is -0.462 e. The first-order chi connectivity index (χ1) is 8.22. The number of hydrogen-bond donors (Lipinski definition) is 0. The summed E-state index contributed by atoms with van der Waals surface area (Å²) in [5.41, 5.74) is 2.06. The maximum Gasteiger partial charge on any atom is 0.338 e. The Morgan fingerprint density at radius 3 is 2.88 bits per heavy atom. The lowest BCUT2D eigenvalue weighted by Crippen LogP contribution is -2.05. The molecule has 17 heavy (non-hydrogen) atoms. The zero-order valence-corrected chi connectivity index (χ0v) is 9.75. The van der Waals surface area contributed by atoms with Crippen LogP contribution in [0.1, 0.15) is 17.3 Å². The average molecular weight is 231 g/mol. The number of rotatable bonds is 3. The lowest BCUT2D eigenvalue weighted by molar-refractivity contribution is 0.0526. The van der Waals surface area contributed by atoms with Crippen LogP contribution in [-0.4, -0.2) is 27.3 Å². The van der Waals surface area contributed by atoms with Crippen LogP contribution >= 0.6 is 0 Å². The number of hydrogen-bond acceptors (Lipinski definition) is 4. The monoisotopic (exact) mass is 231 g/mol. The maximum absolute atomic E-state index is 11.6. The summed E-state index contributed by atoms with van der Waals surface area (Å²) in [5, 5.41) is 4.06. The van der Waals surface area contributed by atoms with Crippen LogP contribution in [0.25, 0.3) is 11.4 Å². The second kappa shape index (κ2) is 4.78. The zero-order valence-electron chi connectivity index (χ0n) is 9.75. The molecule has 5 heteroatoms. The normalized spacial score (nSPS) is 10.2. The largest absolute Gasteiger partial charge is 0.462 e. The van der Waals surface area contributed by atoms with Gasteiger partial charge in [-0.15, -0.1) is 0 Å². The van der Waals surface area contributed by atoms with E-state index < -0.39 is 0 Å². The van der Waals surface area contributed by atoms with Gasteiger partial charge in [-0.1, -0.05) is 0 Å². The van der Waals surface area contributed by atoms with Crippen LogP contribution in [0.4, 0.5) is 0 Å². The predicted octanol–water partition coefficient (Wildman–Crippen LogP) is 1.66. The highest BCUT2D eigenvalue weighted by atomic mass is 16.5. The van der Waals surface area contributed by atoms with Gasteiger partial charge in [-0.2, -0.15) is 5.10 Å². The van der Waals surface area contributed by atoms with Crippen LogP contribution in [0.5, 0.6) is 0 Å². The van der Waals surface area contributed by atoms with Gasteiger partial charge in [-0.25, -0.2) is 4.79 Å². The molecular formula is C12H13N3O2. The summed E-state index contributed by atoms with van der Waals surface area (Å²) < 4.78 is 6.65. The predicted molar refractivity (Wildman–Crippen MR) is 62.4 cm³/mol. The zero-order chi connectivity index (χ0) is 12.3. The summed E-state index contributed by atoms with van der Waals surface area (Å²) in [4.78, 5) is 15.8. The van der Waals surface area contributed by atoms with E-state index in [1.807, 2.05) is 13.1 Å². The van der Waals surface area contributed by atoms with Gasteiger partial charge in [0.15, 0.2) is 0 Å². The Kier molecular flexibility index (Phi) is 3.18. The highest BCUT2D eigenvalue weighted by Crippen LogP contribution is 2.16. The van der Waals surface area contributed by atoms with Crippen LogP contribution in [0.2, 0.25) is 0 Å². The van der Waals surface area contributed by atoms with E-state index in [1.165, 1.54) is 0 Å². The Morgan fingerprint density at radius 1 is 1.41 bits per heavy atom. The van der Waals surface area contributed by atoms with Crippen molar-refractivity contribution < 1.29 is 9.53 Å². The first-order valence-electron chi connectivity index (χ1n) is 5.34. The fourth-order valence-corrected chi connectivity index (χ4v) is 1.54.